The largest absolute Gasteiger partial charge is 0.388 e. The van der Waals surface area contributed by atoms with Crippen LogP contribution in [0, 0.1) is 5.92 Å². The zero-order chi connectivity index (χ0) is 10.6. The molecule has 2 N–H and O–H groups in total. The molecule has 0 bridgehead atoms. The standard InChI is InChI=1S/C11H23NO2/c1-9(2)11(3,13)8-14-10-5-4-6-12-7-10/h9-10,12-13H,4-8H2,1-3H3/t10-,11?/m0/s1. The zero-order valence-electron chi connectivity index (χ0n) is 9.55. The van der Waals surface area contributed by atoms with Gasteiger partial charge in [0.05, 0.1) is 18.3 Å². The number of nitrogens with one attached hydrogen (secondary N) is 1. The molecule has 2 atom stereocenters. The molecule has 14 heavy (non-hydrogen) atoms. The summed E-state index contributed by atoms with van der Waals surface area (Å²) < 4.78 is 5.70. The van der Waals surface area contributed by atoms with Crippen molar-refractivity contribution in [1.29, 1.82) is 0 Å². The molecule has 0 aromatic carbocycles. The number of piperidine rings is 1. The highest BCUT2D eigenvalue weighted by atomic mass is 16.5. The van der Waals surface area contributed by atoms with Crippen LogP contribution in [0.3, 0.4) is 0 Å². The molecule has 1 rings (SSSR count). The molecule has 0 aromatic heterocycles. The molecule has 0 amide bonds. The number of rotatable bonds is 4. The second kappa shape index (κ2) is 5.10. The quantitative estimate of drug-likeness (QED) is 0.717. The van der Waals surface area contributed by atoms with Gasteiger partial charge in [-0.05, 0) is 32.2 Å². The third-order valence-electron chi connectivity index (χ3n) is 3.11. The molecule has 1 heterocycles. The van der Waals surface area contributed by atoms with Gasteiger partial charge in [0.2, 0.25) is 0 Å². The molecule has 0 aromatic rings. The van der Waals surface area contributed by atoms with Crippen LogP contribution in [0.25, 0.3) is 0 Å². The summed E-state index contributed by atoms with van der Waals surface area (Å²) in [4.78, 5) is 0. The first-order valence-electron chi connectivity index (χ1n) is 5.57. The van der Waals surface area contributed by atoms with Gasteiger partial charge in [0.25, 0.3) is 0 Å². The fraction of sp³-hybridized carbons (Fsp3) is 1.00. The number of hydrogen-bond acceptors (Lipinski definition) is 3. The van der Waals surface area contributed by atoms with Crippen molar-refractivity contribution < 1.29 is 9.84 Å². The lowest BCUT2D eigenvalue weighted by Crippen LogP contribution is -2.42. The van der Waals surface area contributed by atoms with Gasteiger partial charge in [-0.2, -0.15) is 0 Å². The fourth-order valence-corrected chi connectivity index (χ4v) is 1.42. The third-order valence-corrected chi connectivity index (χ3v) is 3.11. The van der Waals surface area contributed by atoms with Crippen LogP contribution in [0.5, 0.6) is 0 Å². The van der Waals surface area contributed by atoms with E-state index >= 15 is 0 Å². The summed E-state index contributed by atoms with van der Waals surface area (Å²) in [5, 5.41) is 13.3. The van der Waals surface area contributed by atoms with E-state index in [9.17, 15) is 5.11 Å². The van der Waals surface area contributed by atoms with Crippen molar-refractivity contribution in [2.75, 3.05) is 19.7 Å². The Labute approximate surface area is 86.8 Å². The molecule has 1 fully saturated rings. The lowest BCUT2D eigenvalue weighted by molar-refractivity contribution is -0.0900. The van der Waals surface area contributed by atoms with Crippen molar-refractivity contribution in [1.82, 2.24) is 5.32 Å². The molecule has 3 nitrogen and oxygen atoms in total. The molecule has 1 aliphatic rings. The van der Waals surface area contributed by atoms with Crippen molar-refractivity contribution >= 4 is 0 Å². The Morgan fingerprint density at radius 1 is 1.57 bits per heavy atom. The number of hydrogen-bond donors (Lipinski definition) is 2. The van der Waals surface area contributed by atoms with Gasteiger partial charge in [-0.1, -0.05) is 13.8 Å². The topological polar surface area (TPSA) is 41.5 Å². The molecule has 3 heteroatoms. The Balaban J connectivity index is 2.24. The van der Waals surface area contributed by atoms with Crippen molar-refractivity contribution in [3.63, 3.8) is 0 Å². The fourth-order valence-electron chi connectivity index (χ4n) is 1.42. The van der Waals surface area contributed by atoms with Gasteiger partial charge in [-0.3, -0.25) is 0 Å². The van der Waals surface area contributed by atoms with Crippen LogP contribution in [0.4, 0.5) is 0 Å². The van der Waals surface area contributed by atoms with Crippen molar-refractivity contribution in [3.8, 4) is 0 Å². The highest BCUT2D eigenvalue weighted by Crippen LogP contribution is 2.18. The van der Waals surface area contributed by atoms with E-state index < -0.39 is 5.60 Å². The van der Waals surface area contributed by atoms with Crippen LogP contribution in [0.15, 0.2) is 0 Å². The van der Waals surface area contributed by atoms with Gasteiger partial charge in [0.15, 0.2) is 0 Å². The average Bonchev–Trinajstić information content (AvgIpc) is 2.16. The van der Waals surface area contributed by atoms with Gasteiger partial charge in [0, 0.05) is 6.54 Å². The van der Waals surface area contributed by atoms with Crippen molar-refractivity contribution in [3.05, 3.63) is 0 Å². The van der Waals surface area contributed by atoms with Crippen LogP contribution >= 0.6 is 0 Å². The summed E-state index contributed by atoms with van der Waals surface area (Å²) in [6, 6.07) is 0. The first-order valence-corrected chi connectivity index (χ1v) is 5.57. The maximum absolute atomic E-state index is 9.98. The normalized spacial score (nSPS) is 27.6. The summed E-state index contributed by atoms with van der Waals surface area (Å²) in [5.74, 6) is 0.235. The molecule has 1 unspecified atom stereocenters. The maximum atomic E-state index is 9.98. The van der Waals surface area contributed by atoms with Crippen molar-refractivity contribution in [2.45, 2.75) is 45.3 Å². The minimum atomic E-state index is -0.697. The Bertz CT molecular complexity index is 163. The second-order valence-electron chi connectivity index (χ2n) is 4.79. The maximum Gasteiger partial charge on any atom is 0.0875 e. The minimum Gasteiger partial charge on any atom is -0.388 e. The predicted octanol–water partition coefficient (Wildman–Crippen LogP) is 1.16. The molecule has 0 radical (unpaired) electrons. The number of aliphatic hydroxyl groups is 1. The first-order chi connectivity index (χ1) is 6.52. The summed E-state index contributed by atoms with van der Waals surface area (Å²) in [5.41, 5.74) is -0.697. The second-order valence-corrected chi connectivity index (χ2v) is 4.79. The van der Waals surface area contributed by atoms with Crippen molar-refractivity contribution in [2.24, 2.45) is 5.92 Å². The Kier molecular flexibility index (Phi) is 4.35. The molecule has 1 saturated heterocycles. The van der Waals surface area contributed by atoms with Crippen LogP contribution < -0.4 is 5.32 Å². The average molecular weight is 201 g/mol. The molecular weight excluding hydrogens is 178 g/mol. The highest BCUT2D eigenvalue weighted by molar-refractivity contribution is 4.77. The third kappa shape index (κ3) is 3.56. The molecule has 84 valence electrons. The van der Waals surface area contributed by atoms with E-state index in [4.69, 9.17) is 4.74 Å². The Morgan fingerprint density at radius 3 is 2.79 bits per heavy atom. The van der Waals surface area contributed by atoms with E-state index in [-0.39, 0.29) is 12.0 Å². The SMILES string of the molecule is CC(C)C(C)(O)CO[C@H]1CCCNC1. The van der Waals surface area contributed by atoms with E-state index in [0.29, 0.717) is 6.61 Å². The molecule has 0 spiro atoms. The Morgan fingerprint density at radius 2 is 2.29 bits per heavy atom. The highest BCUT2D eigenvalue weighted by Gasteiger charge is 2.27. The Hall–Kier alpha value is -0.120. The van der Waals surface area contributed by atoms with E-state index in [1.807, 2.05) is 20.8 Å². The van der Waals surface area contributed by atoms with E-state index in [1.54, 1.807) is 0 Å². The number of ether oxygens (including phenoxy) is 1. The van der Waals surface area contributed by atoms with Gasteiger partial charge >= 0.3 is 0 Å². The minimum absolute atomic E-state index is 0.235. The summed E-state index contributed by atoms with van der Waals surface area (Å²) in [6.07, 6.45) is 2.57. The molecular formula is C11H23NO2. The summed E-state index contributed by atoms with van der Waals surface area (Å²) >= 11 is 0. The van der Waals surface area contributed by atoms with Crippen LogP contribution in [0.2, 0.25) is 0 Å². The van der Waals surface area contributed by atoms with Crippen LogP contribution in [0.1, 0.15) is 33.6 Å². The summed E-state index contributed by atoms with van der Waals surface area (Å²) in [7, 11) is 0. The van der Waals surface area contributed by atoms with Gasteiger partial charge < -0.3 is 15.2 Å². The van der Waals surface area contributed by atoms with Gasteiger partial charge in [0.1, 0.15) is 0 Å². The summed E-state index contributed by atoms with van der Waals surface area (Å²) in [6.45, 7) is 8.34. The predicted molar refractivity (Wildman–Crippen MR) is 57.3 cm³/mol. The van der Waals surface area contributed by atoms with Gasteiger partial charge in [-0.15, -0.1) is 0 Å². The van der Waals surface area contributed by atoms with Crippen LogP contribution in [-0.4, -0.2) is 36.5 Å². The van der Waals surface area contributed by atoms with Gasteiger partial charge in [-0.25, -0.2) is 0 Å². The van der Waals surface area contributed by atoms with E-state index in [2.05, 4.69) is 5.32 Å². The molecule has 0 saturated carbocycles. The molecule has 0 aliphatic carbocycles. The monoisotopic (exact) mass is 201 g/mol. The smallest absolute Gasteiger partial charge is 0.0875 e. The lowest BCUT2D eigenvalue weighted by atomic mass is 9.93. The lowest BCUT2D eigenvalue weighted by Gasteiger charge is -2.31. The van der Waals surface area contributed by atoms with E-state index in [0.717, 1.165) is 19.5 Å². The first kappa shape index (κ1) is 12.0. The molecule has 1 aliphatic heterocycles. The van der Waals surface area contributed by atoms with E-state index in [1.165, 1.54) is 6.42 Å². The zero-order valence-corrected chi connectivity index (χ0v) is 9.55. The van der Waals surface area contributed by atoms with Crippen LogP contribution in [-0.2, 0) is 4.74 Å².